The normalized spacial score (nSPS) is 9.38. The molecular formula is C18H22O11. The largest absolute Gasteiger partial charge is 0.508 e. The molecule has 0 amide bonds. The Morgan fingerprint density at radius 1 is 0.759 bits per heavy atom. The summed E-state index contributed by atoms with van der Waals surface area (Å²) in [5, 5.41) is 18.8. The Morgan fingerprint density at radius 2 is 1.24 bits per heavy atom. The number of benzene rings is 1. The molecule has 11 heteroatoms. The summed E-state index contributed by atoms with van der Waals surface area (Å²) in [4.78, 5) is 54.3. The molecule has 0 heterocycles. The maximum atomic E-state index is 11.4. The first kappa shape index (κ1) is 25.4. The summed E-state index contributed by atoms with van der Waals surface area (Å²) < 4.78 is 17.4. The minimum atomic E-state index is -0.790. The minimum absolute atomic E-state index is 0.140. The number of hydrogen-bond acceptors (Lipinski definition) is 11. The van der Waals surface area contributed by atoms with Crippen molar-refractivity contribution in [1.29, 1.82) is 0 Å². The summed E-state index contributed by atoms with van der Waals surface area (Å²) in [6.07, 6.45) is -1.01. The van der Waals surface area contributed by atoms with Crippen LogP contribution in [0.4, 0.5) is 0 Å². The van der Waals surface area contributed by atoms with Crippen LogP contribution in [0.15, 0.2) is 12.1 Å². The molecule has 0 aliphatic rings. The van der Waals surface area contributed by atoms with E-state index in [0.29, 0.717) is 0 Å². The molecule has 0 spiro atoms. The highest BCUT2D eigenvalue weighted by atomic mass is 16.5. The summed E-state index contributed by atoms with van der Waals surface area (Å²) in [7, 11) is 4.70. The van der Waals surface area contributed by atoms with Crippen molar-refractivity contribution in [2.75, 3.05) is 28.4 Å². The quantitative estimate of drug-likeness (QED) is 0.358. The number of phenolic OH excluding ortho intramolecular Hbond substituents is 2. The standard InChI is InChI=1S/C11H12O6.C7H10O5/c1-16-9(14)4-6-3-7(12)5-8(13)10(6)11(15)17-2;1-11-6(9)3-5(8)4-7(10)12-2/h3,5,12-13H,4H2,1-2H3;3-4H2,1-2H3. The van der Waals surface area contributed by atoms with Crippen molar-refractivity contribution in [3.05, 3.63) is 23.3 Å². The van der Waals surface area contributed by atoms with Crippen LogP contribution < -0.4 is 0 Å². The average Bonchev–Trinajstić information content (AvgIpc) is 2.66. The fourth-order valence-electron chi connectivity index (χ4n) is 1.90. The number of rotatable bonds is 7. The van der Waals surface area contributed by atoms with Gasteiger partial charge in [-0.1, -0.05) is 0 Å². The van der Waals surface area contributed by atoms with Crippen molar-refractivity contribution in [1.82, 2.24) is 0 Å². The number of hydrogen-bond donors (Lipinski definition) is 2. The summed E-state index contributed by atoms with van der Waals surface area (Å²) in [6, 6.07) is 2.19. The van der Waals surface area contributed by atoms with E-state index in [1.165, 1.54) is 27.4 Å². The molecule has 0 atom stereocenters. The lowest BCUT2D eigenvalue weighted by Gasteiger charge is -2.09. The van der Waals surface area contributed by atoms with Crippen molar-refractivity contribution in [3.8, 4) is 11.5 Å². The molecule has 0 bridgehead atoms. The Morgan fingerprint density at radius 3 is 1.66 bits per heavy atom. The molecular weight excluding hydrogens is 392 g/mol. The van der Waals surface area contributed by atoms with Crippen LogP contribution in [-0.4, -0.2) is 68.3 Å². The lowest BCUT2D eigenvalue weighted by Crippen LogP contribution is -2.14. The third-order valence-electron chi connectivity index (χ3n) is 3.27. The van der Waals surface area contributed by atoms with Crippen LogP contribution in [0.25, 0.3) is 0 Å². The molecule has 0 fully saturated rings. The Balaban J connectivity index is 0.000000578. The number of Topliss-reactive ketones (excluding diaryl/α,β-unsaturated/α-hetero) is 1. The molecule has 1 aromatic carbocycles. The number of esters is 4. The molecule has 0 radical (unpaired) electrons. The van der Waals surface area contributed by atoms with Crippen molar-refractivity contribution in [2.45, 2.75) is 19.3 Å². The van der Waals surface area contributed by atoms with Gasteiger partial charge in [0.05, 0.1) is 34.9 Å². The third kappa shape index (κ3) is 9.22. The third-order valence-corrected chi connectivity index (χ3v) is 3.27. The lowest BCUT2D eigenvalue weighted by molar-refractivity contribution is -0.146. The fourth-order valence-corrected chi connectivity index (χ4v) is 1.90. The molecule has 0 aliphatic heterocycles. The topological polar surface area (TPSA) is 163 Å². The van der Waals surface area contributed by atoms with Crippen molar-refractivity contribution < 1.29 is 53.1 Å². The van der Waals surface area contributed by atoms with Crippen LogP contribution in [-0.2, 0) is 44.5 Å². The van der Waals surface area contributed by atoms with E-state index in [1.54, 1.807) is 0 Å². The van der Waals surface area contributed by atoms with Gasteiger partial charge in [0.1, 0.15) is 29.9 Å². The maximum absolute atomic E-state index is 11.4. The van der Waals surface area contributed by atoms with Crippen LogP contribution in [0.2, 0.25) is 0 Å². The Labute approximate surface area is 166 Å². The number of phenols is 2. The second-order valence-corrected chi connectivity index (χ2v) is 5.29. The molecule has 2 N–H and O–H groups in total. The van der Waals surface area contributed by atoms with Gasteiger partial charge in [-0.2, -0.15) is 0 Å². The molecule has 1 aromatic rings. The number of ether oxygens (including phenoxy) is 4. The molecule has 160 valence electrons. The smallest absolute Gasteiger partial charge is 0.341 e. The van der Waals surface area contributed by atoms with Gasteiger partial charge in [-0.25, -0.2) is 4.79 Å². The first-order chi connectivity index (χ1) is 13.6. The molecule has 0 saturated heterocycles. The summed E-state index contributed by atoms with van der Waals surface area (Å²) in [5.41, 5.74) is -0.0168. The molecule has 0 aliphatic carbocycles. The van der Waals surface area contributed by atoms with Gasteiger partial charge in [-0.3, -0.25) is 19.2 Å². The Bertz CT molecular complexity index is 747. The number of methoxy groups -OCH3 is 4. The predicted octanol–water partition coefficient (Wildman–Crippen LogP) is 0.282. The number of carbonyl (C=O) groups is 5. The van der Waals surface area contributed by atoms with Crippen molar-refractivity contribution in [2.24, 2.45) is 0 Å². The molecule has 0 saturated carbocycles. The monoisotopic (exact) mass is 414 g/mol. The van der Waals surface area contributed by atoms with E-state index in [-0.39, 0.29) is 36.1 Å². The minimum Gasteiger partial charge on any atom is -0.508 e. The van der Waals surface area contributed by atoms with Crippen LogP contribution >= 0.6 is 0 Å². The molecule has 29 heavy (non-hydrogen) atoms. The van der Waals surface area contributed by atoms with Crippen LogP contribution in [0.1, 0.15) is 28.8 Å². The number of ketones is 1. The van der Waals surface area contributed by atoms with Crippen molar-refractivity contribution >= 4 is 29.7 Å². The van der Waals surface area contributed by atoms with E-state index in [4.69, 9.17) is 0 Å². The second kappa shape index (κ2) is 12.7. The second-order valence-electron chi connectivity index (χ2n) is 5.29. The predicted molar refractivity (Wildman–Crippen MR) is 95.1 cm³/mol. The fraction of sp³-hybridized carbons (Fsp3) is 0.389. The summed E-state index contributed by atoms with van der Waals surface area (Å²) in [5.74, 6) is -3.90. The zero-order valence-electron chi connectivity index (χ0n) is 16.3. The van der Waals surface area contributed by atoms with Gasteiger partial charge < -0.3 is 29.2 Å². The zero-order valence-corrected chi connectivity index (χ0v) is 16.3. The highest BCUT2D eigenvalue weighted by Crippen LogP contribution is 2.28. The van der Waals surface area contributed by atoms with Gasteiger partial charge in [-0.05, 0) is 11.6 Å². The molecule has 1 rings (SSSR count). The summed E-state index contributed by atoms with van der Waals surface area (Å²) in [6.45, 7) is 0. The van der Waals surface area contributed by atoms with E-state index >= 15 is 0 Å². The van der Waals surface area contributed by atoms with Crippen LogP contribution in [0, 0.1) is 0 Å². The van der Waals surface area contributed by atoms with E-state index < -0.39 is 35.4 Å². The Kier molecular flexibility index (Phi) is 11.1. The van der Waals surface area contributed by atoms with E-state index in [0.717, 1.165) is 13.2 Å². The first-order valence-electron chi connectivity index (χ1n) is 7.94. The number of aromatic hydroxyl groups is 2. The Hall–Kier alpha value is -3.63. The first-order valence-corrected chi connectivity index (χ1v) is 7.94. The van der Waals surface area contributed by atoms with Gasteiger partial charge in [0.2, 0.25) is 0 Å². The SMILES string of the molecule is COC(=O)CC(=O)CC(=O)OC.COC(=O)Cc1cc(O)cc(O)c1C(=O)OC. The van der Waals surface area contributed by atoms with Crippen LogP contribution in [0.5, 0.6) is 11.5 Å². The average molecular weight is 414 g/mol. The highest BCUT2D eigenvalue weighted by molar-refractivity contribution is 6.03. The van der Waals surface area contributed by atoms with E-state index in [1.807, 2.05) is 0 Å². The zero-order chi connectivity index (χ0) is 22.6. The highest BCUT2D eigenvalue weighted by Gasteiger charge is 2.20. The van der Waals surface area contributed by atoms with E-state index in [9.17, 15) is 34.2 Å². The van der Waals surface area contributed by atoms with Gasteiger partial charge in [0.25, 0.3) is 0 Å². The molecule has 0 unspecified atom stereocenters. The summed E-state index contributed by atoms with van der Waals surface area (Å²) >= 11 is 0. The maximum Gasteiger partial charge on any atom is 0.341 e. The lowest BCUT2D eigenvalue weighted by atomic mass is 10.0. The molecule has 0 aromatic heterocycles. The molecule has 11 nitrogen and oxygen atoms in total. The van der Waals surface area contributed by atoms with E-state index in [2.05, 4.69) is 18.9 Å². The number of carbonyl (C=O) groups excluding carboxylic acids is 5. The van der Waals surface area contributed by atoms with Crippen molar-refractivity contribution in [3.63, 3.8) is 0 Å². The van der Waals surface area contributed by atoms with Gasteiger partial charge >= 0.3 is 23.9 Å². The van der Waals surface area contributed by atoms with Crippen LogP contribution in [0.3, 0.4) is 0 Å². The van der Waals surface area contributed by atoms with Gasteiger partial charge in [0.15, 0.2) is 5.78 Å². The van der Waals surface area contributed by atoms with Gasteiger partial charge in [0, 0.05) is 6.07 Å². The van der Waals surface area contributed by atoms with Gasteiger partial charge in [-0.15, -0.1) is 0 Å².